The van der Waals surface area contributed by atoms with Gasteiger partial charge < -0.3 is 5.32 Å². The molecule has 0 aliphatic carbocycles. The Hall–Kier alpha value is -2.80. The minimum Gasteiger partial charge on any atom is -0.316 e. The Morgan fingerprint density at radius 3 is 3.14 bits per heavy atom. The number of nitriles is 1. The average molecular weight is 422 g/mol. The van der Waals surface area contributed by atoms with Crippen LogP contribution in [0.15, 0.2) is 36.0 Å². The highest BCUT2D eigenvalue weighted by Crippen LogP contribution is 2.34. The maximum Gasteiger partial charge on any atom is 0.194 e. The summed E-state index contributed by atoms with van der Waals surface area (Å²) in [5.74, 6) is 0.758. The fourth-order valence-corrected chi connectivity index (χ4v) is 5.27. The van der Waals surface area contributed by atoms with E-state index in [9.17, 15) is 0 Å². The molecule has 0 bridgehead atoms. The van der Waals surface area contributed by atoms with E-state index in [1.165, 1.54) is 17.0 Å². The van der Waals surface area contributed by atoms with Crippen molar-refractivity contribution in [3.8, 4) is 6.07 Å². The Morgan fingerprint density at radius 2 is 2.28 bits per heavy atom. The summed E-state index contributed by atoms with van der Waals surface area (Å²) in [5.41, 5.74) is 3.42. The normalized spacial score (nSPS) is 17.0. The zero-order valence-corrected chi connectivity index (χ0v) is 17.5. The maximum atomic E-state index is 8.98. The van der Waals surface area contributed by atoms with E-state index in [0.29, 0.717) is 10.0 Å². The molecule has 1 saturated heterocycles. The zero-order valence-electron chi connectivity index (χ0n) is 15.9. The summed E-state index contributed by atoms with van der Waals surface area (Å²) >= 11 is 3.00. The number of nitrogens with zero attached hydrogens (tertiary/aromatic N) is 6. The van der Waals surface area contributed by atoms with Crippen LogP contribution in [-0.2, 0) is 6.54 Å². The van der Waals surface area contributed by atoms with Crippen LogP contribution in [0.3, 0.4) is 0 Å². The Morgan fingerprint density at radius 1 is 1.34 bits per heavy atom. The maximum absolute atomic E-state index is 8.98. The minimum absolute atomic E-state index is 0.284. The lowest BCUT2D eigenvalue weighted by molar-refractivity contribution is 0.240. The lowest BCUT2D eigenvalue weighted by atomic mass is 10.1. The first-order valence-electron chi connectivity index (χ1n) is 9.46. The molecule has 9 heteroatoms. The minimum atomic E-state index is 0.284. The van der Waals surface area contributed by atoms with Gasteiger partial charge in [-0.2, -0.15) is 5.26 Å². The Balaban J connectivity index is 1.37. The molecule has 0 amide bonds. The number of hydrogen-bond acceptors (Lipinski definition) is 8. The highest BCUT2D eigenvalue weighted by atomic mass is 32.1. The van der Waals surface area contributed by atoms with E-state index in [1.807, 2.05) is 12.1 Å². The summed E-state index contributed by atoms with van der Waals surface area (Å²) < 4.78 is 2.20. The number of likely N-dealkylation sites (tertiary alicyclic amines) is 1. The van der Waals surface area contributed by atoms with Crippen molar-refractivity contribution in [3.05, 3.63) is 57.9 Å². The van der Waals surface area contributed by atoms with Crippen LogP contribution in [0.1, 0.15) is 40.8 Å². The molecule has 1 aliphatic rings. The topological polar surface area (TPSA) is 82.1 Å². The monoisotopic (exact) mass is 421 g/mol. The summed E-state index contributed by atoms with van der Waals surface area (Å²) in [7, 11) is 0. The van der Waals surface area contributed by atoms with Gasteiger partial charge in [-0.05, 0) is 38.4 Å². The molecular weight excluding hydrogens is 402 g/mol. The number of thiazole rings is 2. The molecule has 4 aromatic heterocycles. The number of pyridine rings is 1. The first-order chi connectivity index (χ1) is 14.2. The van der Waals surface area contributed by atoms with Crippen molar-refractivity contribution in [1.29, 1.82) is 5.26 Å². The number of fused-ring (bicyclic) bond motifs is 1. The number of aromatic nitrogens is 4. The predicted octanol–water partition coefficient (Wildman–Crippen LogP) is 4.51. The lowest BCUT2D eigenvalue weighted by Crippen LogP contribution is -2.24. The highest BCUT2D eigenvalue weighted by Gasteiger charge is 2.28. The van der Waals surface area contributed by atoms with Crippen LogP contribution in [0, 0.1) is 18.3 Å². The van der Waals surface area contributed by atoms with Gasteiger partial charge in [-0.15, -0.1) is 11.3 Å². The zero-order chi connectivity index (χ0) is 19.8. The van der Waals surface area contributed by atoms with Gasteiger partial charge >= 0.3 is 0 Å². The van der Waals surface area contributed by atoms with Crippen molar-refractivity contribution in [2.75, 3.05) is 11.9 Å². The van der Waals surface area contributed by atoms with Crippen LogP contribution in [-0.4, -0.2) is 30.8 Å². The molecule has 0 unspecified atom stereocenters. The second-order valence-corrected chi connectivity index (χ2v) is 8.95. The number of imidazole rings is 1. The molecule has 0 spiro atoms. The van der Waals surface area contributed by atoms with Crippen molar-refractivity contribution in [2.45, 2.75) is 32.4 Å². The van der Waals surface area contributed by atoms with Gasteiger partial charge in [-0.3, -0.25) is 9.30 Å². The number of aryl methyl sites for hydroxylation is 1. The van der Waals surface area contributed by atoms with Gasteiger partial charge in [0.1, 0.15) is 16.8 Å². The Labute approximate surface area is 176 Å². The molecule has 1 fully saturated rings. The fourth-order valence-electron chi connectivity index (χ4n) is 3.87. The van der Waals surface area contributed by atoms with Crippen LogP contribution >= 0.6 is 22.7 Å². The molecule has 0 radical (unpaired) electrons. The van der Waals surface area contributed by atoms with Gasteiger partial charge in [0.15, 0.2) is 10.1 Å². The molecule has 7 nitrogen and oxygen atoms in total. The molecule has 29 heavy (non-hydrogen) atoms. The van der Waals surface area contributed by atoms with Gasteiger partial charge in [-0.25, -0.2) is 15.0 Å². The van der Waals surface area contributed by atoms with Crippen molar-refractivity contribution >= 4 is 38.6 Å². The predicted molar refractivity (Wildman–Crippen MR) is 115 cm³/mol. The van der Waals surface area contributed by atoms with E-state index < -0.39 is 0 Å². The van der Waals surface area contributed by atoms with Crippen molar-refractivity contribution in [2.24, 2.45) is 0 Å². The summed E-state index contributed by atoms with van der Waals surface area (Å²) in [6.45, 7) is 4.01. The number of hydrogen-bond donors (Lipinski definition) is 1. The van der Waals surface area contributed by atoms with Crippen LogP contribution < -0.4 is 5.32 Å². The van der Waals surface area contributed by atoms with Gasteiger partial charge in [-0.1, -0.05) is 17.4 Å². The molecule has 0 aromatic carbocycles. The number of anilines is 2. The summed E-state index contributed by atoms with van der Waals surface area (Å²) in [6.07, 6.45) is 5.94. The largest absolute Gasteiger partial charge is 0.316 e. The van der Waals surface area contributed by atoms with Gasteiger partial charge in [0.05, 0.1) is 29.3 Å². The third-order valence-electron chi connectivity index (χ3n) is 5.24. The Bertz CT molecular complexity index is 1200. The number of nitrogens with one attached hydrogen (secondary N) is 1. The first kappa shape index (κ1) is 18.2. The van der Waals surface area contributed by atoms with Gasteiger partial charge in [0.25, 0.3) is 0 Å². The molecule has 1 N–H and O–H groups in total. The summed E-state index contributed by atoms with van der Waals surface area (Å²) in [6, 6.07) is 8.46. The molecular formula is C20H19N7S2. The van der Waals surface area contributed by atoms with Gasteiger partial charge in [0.2, 0.25) is 0 Å². The highest BCUT2D eigenvalue weighted by molar-refractivity contribution is 7.16. The van der Waals surface area contributed by atoms with E-state index in [0.717, 1.165) is 48.1 Å². The fraction of sp³-hybridized carbons (Fsp3) is 0.300. The summed E-state index contributed by atoms with van der Waals surface area (Å²) in [5, 5.41) is 15.0. The lowest BCUT2D eigenvalue weighted by Gasteiger charge is -2.24. The second-order valence-electron chi connectivity index (χ2n) is 7.04. The van der Waals surface area contributed by atoms with Crippen molar-refractivity contribution in [3.63, 3.8) is 0 Å². The smallest absolute Gasteiger partial charge is 0.194 e. The molecule has 1 atom stereocenters. The van der Waals surface area contributed by atoms with Crippen LogP contribution in [0.25, 0.3) is 4.96 Å². The molecule has 5 rings (SSSR count). The van der Waals surface area contributed by atoms with E-state index in [-0.39, 0.29) is 6.04 Å². The second kappa shape index (κ2) is 7.55. The number of rotatable bonds is 5. The van der Waals surface area contributed by atoms with E-state index >= 15 is 0 Å². The quantitative estimate of drug-likeness (QED) is 0.511. The molecule has 5 heterocycles. The summed E-state index contributed by atoms with van der Waals surface area (Å²) in [4.78, 5) is 17.9. The first-order valence-corrected chi connectivity index (χ1v) is 11.2. The molecule has 0 saturated carbocycles. The van der Waals surface area contributed by atoms with Crippen molar-refractivity contribution in [1.82, 2.24) is 24.3 Å². The van der Waals surface area contributed by atoms with Crippen LogP contribution in [0.4, 0.5) is 10.9 Å². The third-order valence-corrected chi connectivity index (χ3v) is 6.81. The average Bonchev–Trinajstić information content (AvgIpc) is 3.49. The van der Waals surface area contributed by atoms with Gasteiger partial charge in [0, 0.05) is 18.1 Å². The molecule has 1 aliphatic heterocycles. The van der Waals surface area contributed by atoms with Crippen LogP contribution in [0.5, 0.6) is 0 Å². The Kier molecular flexibility index (Phi) is 4.75. The SMILES string of the molecule is Cc1nc2sccn2c1CN1CCC[C@H]1c1cccc(Nc2ncc(C#N)s2)n1. The standard InChI is InChI=1S/C20H19N7S2/c1-13-17(27-8-9-28-20(27)23-13)12-26-7-3-5-16(26)15-4-2-6-18(24-15)25-19-22-11-14(10-21)29-19/h2,4,6,8-9,11,16H,3,5,7,12H2,1H3,(H,22,24,25)/t16-/m0/s1. The van der Waals surface area contributed by atoms with Crippen molar-refractivity contribution < 1.29 is 0 Å². The van der Waals surface area contributed by atoms with E-state index in [4.69, 9.17) is 10.2 Å². The molecule has 146 valence electrons. The van der Waals surface area contributed by atoms with E-state index in [2.05, 4.69) is 55.2 Å². The van der Waals surface area contributed by atoms with Crippen LogP contribution in [0.2, 0.25) is 0 Å². The molecule has 4 aromatic rings. The third kappa shape index (κ3) is 3.51. The van der Waals surface area contributed by atoms with E-state index in [1.54, 1.807) is 17.5 Å².